The maximum Gasteiger partial charge on any atom is 0.420 e. The van der Waals surface area contributed by atoms with E-state index in [0.29, 0.717) is 0 Å². The summed E-state index contributed by atoms with van der Waals surface area (Å²) in [6.45, 7) is -0.377. The Kier molecular flexibility index (Phi) is 4.77. The molecule has 9 heteroatoms. The summed E-state index contributed by atoms with van der Waals surface area (Å²) in [6.07, 6.45) is -0.109. The van der Waals surface area contributed by atoms with Crippen molar-refractivity contribution in [1.82, 2.24) is 10.3 Å². The predicted molar refractivity (Wildman–Crippen MR) is 61.0 cm³/mol. The van der Waals surface area contributed by atoms with Gasteiger partial charge in [-0.3, -0.25) is 10.1 Å². The second-order valence-electron chi connectivity index (χ2n) is 3.18. The van der Waals surface area contributed by atoms with Gasteiger partial charge in [0.25, 0.3) is 5.88 Å². The molecule has 0 bridgehead atoms. The molecule has 1 rings (SSSR count). The first-order chi connectivity index (χ1) is 8.97. The molecule has 0 aliphatic carbocycles. The summed E-state index contributed by atoms with van der Waals surface area (Å²) in [4.78, 5) is 36.4. The van der Waals surface area contributed by atoms with Crippen molar-refractivity contribution in [1.29, 1.82) is 0 Å². The molecular formula is C10H11N3O6. The maximum atomic E-state index is 11.2. The van der Waals surface area contributed by atoms with Crippen LogP contribution in [-0.2, 0) is 4.79 Å². The van der Waals surface area contributed by atoms with Crippen molar-refractivity contribution in [3.8, 4) is 11.6 Å². The highest BCUT2D eigenvalue weighted by Crippen LogP contribution is 2.25. The molecule has 102 valence electrons. The molecule has 9 nitrogen and oxygen atoms in total. The zero-order chi connectivity index (χ0) is 14.4. The quantitative estimate of drug-likeness (QED) is 0.655. The van der Waals surface area contributed by atoms with Crippen LogP contribution in [0.4, 0.5) is 4.79 Å². The standard InChI is InChI=1S/C10H11N3O6/c1-18-6-2-5(9(15)16)4-12-8(6)19-10(17)13-7(14)3-11/h2,4H,3,11H2,1H3,(H,15,16)(H,13,14,17). The Labute approximate surface area is 107 Å². The van der Waals surface area contributed by atoms with E-state index in [0.717, 1.165) is 12.3 Å². The molecule has 1 aromatic rings. The summed E-state index contributed by atoms with van der Waals surface area (Å²) in [5.74, 6) is -2.27. The summed E-state index contributed by atoms with van der Waals surface area (Å²) in [6, 6.07) is 1.13. The van der Waals surface area contributed by atoms with Crippen LogP contribution in [0, 0.1) is 0 Å². The molecule has 0 aliphatic heterocycles. The first-order valence-corrected chi connectivity index (χ1v) is 4.97. The molecule has 19 heavy (non-hydrogen) atoms. The Morgan fingerprint density at radius 2 is 2.16 bits per heavy atom. The average molecular weight is 269 g/mol. The number of aromatic carboxylic acids is 1. The van der Waals surface area contributed by atoms with E-state index in [1.165, 1.54) is 7.11 Å². The van der Waals surface area contributed by atoms with E-state index in [-0.39, 0.29) is 23.7 Å². The van der Waals surface area contributed by atoms with E-state index >= 15 is 0 Å². The van der Waals surface area contributed by atoms with Crippen molar-refractivity contribution in [3.63, 3.8) is 0 Å². The van der Waals surface area contributed by atoms with Crippen LogP contribution in [-0.4, -0.2) is 41.7 Å². The number of methoxy groups -OCH3 is 1. The van der Waals surface area contributed by atoms with E-state index in [2.05, 4.69) is 9.72 Å². The normalized spacial score (nSPS) is 9.58. The number of carbonyl (C=O) groups excluding carboxylic acids is 2. The summed E-state index contributed by atoms with van der Waals surface area (Å²) >= 11 is 0. The van der Waals surface area contributed by atoms with Crippen molar-refractivity contribution in [2.45, 2.75) is 0 Å². The fraction of sp³-hybridized carbons (Fsp3) is 0.200. The lowest BCUT2D eigenvalue weighted by Gasteiger charge is -2.08. The van der Waals surface area contributed by atoms with Gasteiger partial charge < -0.3 is 20.3 Å². The summed E-state index contributed by atoms with van der Waals surface area (Å²) in [5, 5.41) is 10.6. The van der Waals surface area contributed by atoms with E-state index in [1.54, 1.807) is 0 Å². The monoisotopic (exact) mass is 269 g/mol. The summed E-state index contributed by atoms with van der Waals surface area (Å²) in [5.41, 5.74) is 4.86. The maximum absolute atomic E-state index is 11.2. The van der Waals surface area contributed by atoms with Crippen molar-refractivity contribution in [2.75, 3.05) is 13.7 Å². The first-order valence-electron chi connectivity index (χ1n) is 4.97. The molecule has 0 spiro atoms. The number of hydrogen-bond acceptors (Lipinski definition) is 7. The lowest BCUT2D eigenvalue weighted by Crippen LogP contribution is -2.37. The van der Waals surface area contributed by atoms with Crippen molar-refractivity contribution < 1.29 is 29.0 Å². The molecule has 0 aromatic carbocycles. The van der Waals surface area contributed by atoms with Crippen molar-refractivity contribution in [3.05, 3.63) is 17.8 Å². The number of hydrogen-bond donors (Lipinski definition) is 3. The van der Waals surface area contributed by atoms with Gasteiger partial charge in [-0.1, -0.05) is 0 Å². The zero-order valence-electron chi connectivity index (χ0n) is 9.87. The number of ether oxygens (including phenoxy) is 2. The number of carboxylic acid groups (broad SMARTS) is 1. The van der Waals surface area contributed by atoms with Gasteiger partial charge in [0.2, 0.25) is 5.91 Å². The number of pyridine rings is 1. The molecule has 0 atom stereocenters. The number of nitrogens with one attached hydrogen (secondary N) is 1. The second-order valence-corrected chi connectivity index (χ2v) is 3.18. The zero-order valence-corrected chi connectivity index (χ0v) is 9.87. The number of aromatic nitrogens is 1. The number of nitrogens with two attached hydrogens (primary N) is 1. The van der Waals surface area contributed by atoms with Crippen LogP contribution in [0.5, 0.6) is 11.6 Å². The smallest absolute Gasteiger partial charge is 0.420 e. The highest BCUT2D eigenvalue weighted by molar-refractivity contribution is 5.93. The SMILES string of the molecule is COc1cc(C(=O)O)cnc1OC(=O)NC(=O)CN. The summed E-state index contributed by atoms with van der Waals surface area (Å²) in [7, 11) is 1.25. The van der Waals surface area contributed by atoms with Gasteiger partial charge in [0.05, 0.1) is 19.2 Å². The minimum Gasteiger partial charge on any atom is -0.491 e. The molecule has 1 aromatic heterocycles. The van der Waals surface area contributed by atoms with Crippen LogP contribution in [0.15, 0.2) is 12.3 Å². The van der Waals surface area contributed by atoms with E-state index in [9.17, 15) is 14.4 Å². The molecule has 0 saturated heterocycles. The third-order valence-corrected chi connectivity index (χ3v) is 1.90. The molecule has 0 saturated carbocycles. The Balaban J connectivity index is 2.86. The first kappa shape index (κ1) is 14.4. The number of carbonyl (C=O) groups is 3. The van der Waals surface area contributed by atoms with Gasteiger partial charge in [0.15, 0.2) is 5.75 Å². The number of imide groups is 1. The van der Waals surface area contributed by atoms with Gasteiger partial charge in [0.1, 0.15) is 0 Å². The Bertz CT molecular complexity index is 516. The number of nitrogens with zero attached hydrogens (tertiary/aromatic N) is 1. The van der Waals surface area contributed by atoms with Gasteiger partial charge in [-0.2, -0.15) is 0 Å². The van der Waals surface area contributed by atoms with Crippen molar-refractivity contribution in [2.24, 2.45) is 5.73 Å². The Morgan fingerprint density at radius 1 is 1.47 bits per heavy atom. The number of amides is 2. The second kappa shape index (κ2) is 6.31. The summed E-state index contributed by atoms with van der Waals surface area (Å²) < 4.78 is 9.52. The van der Waals surface area contributed by atoms with Gasteiger partial charge in [0, 0.05) is 12.3 Å². The van der Waals surface area contributed by atoms with Crippen molar-refractivity contribution >= 4 is 18.0 Å². The largest absolute Gasteiger partial charge is 0.491 e. The Hall–Kier alpha value is -2.68. The molecule has 0 fully saturated rings. The van der Waals surface area contributed by atoms with E-state index < -0.39 is 18.0 Å². The minimum absolute atomic E-state index is 0.0600. The predicted octanol–water partition coefficient (Wildman–Crippen LogP) is -0.638. The molecule has 0 unspecified atom stereocenters. The topological polar surface area (TPSA) is 141 Å². The molecule has 2 amide bonds. The fourth-order valence-electron chi connectivity index (χ4n) is 1.05. The molecule has 0 radical (unpaired) electrons. The van der Waals surface area contributed by atoms with Gasteiger partial charge in [-0.15, -0.1) is 0 Å². The van der Waals surface area contributed by atoms with Crippen LogP contribution >= 0.6 is 0 Å². The van der Waals surface area contributed by atoms with Gasteiger partial charge in [-0.25, -0.2) is 14.6 Å². The third-order valence-electron chi connectivity index (χ3n) is 1.90. The Morgan fingerprint density at radius 3 is 2.68 bits per heavy atom. The molecular weight excluding hydrogens is 258 g/mol. The lowest BCUT2D eigenvalue weighted by atomic mass is 10.3. The van der Waals surface area contributed by atoms with Crippen LogP contribution in [0.1, 0.15) is 10.4 Å². The molecule has 1 heterocycles. The van der Waals surface area contributed by atoms with E-state index in [4.69, 9.17) is 15.6 Å². The highest BCUT2D eigenvalue weighted by Gasteiger charge is 2.16. The lowest BCUT2D eigenvalue weighted by molar-refractivity contribution is -0.118. The molecule has 0 aliphatic rings. The van der Waals surface area contributed by atoms with Crippen LogP contribution in [0.3, 0.4) is 0 Å². The highest BCUT2D eigenvalue weighted by atomic mass is 16.6. The molecule has 4 N–H and O–H groups in total. The minimum atomic E-state index is -1.21. The fourth-order valence-corrected chi connectivity index (χ4v) is 1.05. The van der Waals surface area contributed by atoms with Gasteiger partial charge >= 0.3 is 12.1 Å². The van der Waals surface area contributed by atoms with Crippen LogP contribution in [0.2, 0.25) is 0 Å². The average Bonchev–Trinajstić information content (AvgIpc) is 2.38. The van der Waals surface area contributed by atoms with Crippen LogP contribution < -0.4 is 20.5 Å². The number of carboxylic acids is 1. The third kappa shape index (κ3) is 3.92. The van der Waals surface area contributed by atoms with Crippen LogP contribution in [0.25, 0.3) is 0 Å². The number of rotatable bonds is 4. The van der Waals surface area contributed by atoms with Gasteiger partial charge in [-0.05, 0) is 0 Å². The van der Waals surface area contributed by atoms with E-state index in [1.807, 2.05) is 5.32 Å².